The summed E-state index contributed by atoms with van der Waals surface area (Å²) in [5, 5.41) is 9.86. The van der Waals surface area contributed by atoms with Gasteiger partial charge in [-0.15, -0.1) is 0 Å². The van der Waals surface area contributed by atoms with Crippen LogP contribution in [0.2, 0.25) is 0 Å². The molecule has 2 aromatic rings. The zero-order valence-electron chi connectivity index (χ0n) is 11.8. The van der Waals surface area contributed by atoms with Crippen LogP contribution < -0.4 is 4.74 Å². The number of aromatic hydroxyl groups is 1. The number of ether oxygens (including phenoxy) is 1. The number of aromatic nitrogens is 3. The summed E-state index contributed by atoms with van der Waals surface area (Å²) in [7, 11) is 1.48. The molecule has 0 radical (unpaired) electrons. The molecule has 0 unspecified atom stereocenters. The van der Waals surface area contributed by atoms with Crippen molar-refractivity contribution in [2.75, 3.05) is 7.11 Å². The molecule has 2 rings (SSSR count). The molecular weight excluding hydrogens is 311 g/mol. The number of phenolic OH excluding ortho intramolecular Hbond substituents is 1. The molecule has 0 bridgehead atoms. The molecule has 1 N–H and O–H groups in total. The molecule has 0 aliphatic carbocycles. The molecule has 1 aromatic carbocycles. The first-order valence-electron chi connectivity index (χ1n) is 5.87. The quantitative estimate of drug-likeness (QED) is 0.865. The maximum absolute atomic E-state index is 9.86. The molecule has 0 aliphatic heterocycles. The first-order valence-corrected chi connectivity index (χ1v) is 6.44. The monoisotopic (exact) mass is 325 g/mol. The first kappa shape index (κ1) is 16.9. The van der Waals surface area contributed by atoms with Crippen molar-refractivity contribution >= 4 is 12.2 Å². The van der Waals surface area contributed by atoms with Gasteiger partial charge in [-0.3, -0.25) is 0 Å². The van der Waals surface area contributed by atoms with Crippen molar-refractivity contribution < 1.29 is 30.9 Å². The summed E-state index contributed by atoms with van der Waals surface area (Å²) in [6, 6.07) is 5.64. The molecule has 0 saturated carbocycles. The van der Waals surface area contributed by atoms with E-state index in [4.69, 9.17) is 8.41 Å². The van der Waals surface area contributed by atoms with Gasteiger partial charge in [-0.25, -0.2) is 4.99 Å². The third-order valence-electron chi connectivity index (χ3n) is 2.49. The molecule has 0 saturated heterocycles. The average Bonchev–Trinajstić information content (AvgIpc) is 2.50. The Labute approximate surface area is 131 Å². The number of hydrogen-bond donors (Lipinski definition) is 1. The van der Waals surface area contributed by atoms with E-state index in [0.29, 0.717) is 11.4 Å². The summed E-state index contributed by atoms with van der Waals surface area (Å²) >= 11 is 1.06. The molecule has 0 atom stereocenters. The molecule has 0 fully saturated rings. The summed E-state index contributed by atoms with van der Waals surface area (Å²) in [6.07, 6.45) is 1.51. The van der Waals surface area contributed by atoms with Gasteiger partial charge in [0.25, 0.3) is 5.95 Å². The molecule has 1 heterocycles. The Morgan fingerprint density at radius 2 is 1.95 bits per heavy atom. The van der Waals surface area contributed by atoms with Crippen molar-refractivity contribution in [3.63, 3.8) is 0 Å². The van der Waals surface area contributed by atoms with Gasteiger partial charge in [-0.2, -0.15) is 15.0 Å². The second-order valence-corrected chi connectivity index (χ2v) is 3.94. The van der Waals surface area contributed by atoms with Crippen LogP contribution in [-0.2, 0) is 21.0 Å². The fraction of sp³-hybridized carbons (Fsp3) is 0.231. The van der Waals surface area contributed by atoms with E-state index in [1.165, 1.54) is 13.3 Å². The Bertz CT molecular complexity index is 649. The van der Waals surface area contributed by atoms with Gasteiger partial charge in [0, 0.05) is 11.8 Å². The molecule has 0 aliphatic rings. The van der Waals surface area contributed by atoms with Crippen LogP contribution in [0, 0.1) is 13.8 Å². The summed E-state index contributed by atoms with van der Waals surface area (Å²) < 4.78 is 13.1. The van der Waals surface area contributed by atoms with Gasteiger partial charge in [0.05, 0.1) is 7.11 Å². The van der Waals surface area contributed by atoms with E-state index < -0.39 is 0 Å². The normalized spacial score (nSPS) is 10.0. The van der Waals surface area contributed by atoms with Crippen LogP contribution >= 0.6 is 0 Å². The maximum atomic E-state index is 9.86. The Kier molecular flexibility index (Phi) is 6.64. The van der Waals surface area contributed by atoms with Crippen LogP contribution in [0.5, 0.6) is 11.8 Å². The number of hydrogen-bond acceptors (Lipinski definition) is 7. The topological polar surface area (TPSA) is 97.6 Å². The third-order valence-corrected chi connectivity index (χ3v) is 2.49. The van der Waals surface area contributed by atoms with Crippen LogP contribution in [0.25, 0.3) is 0 Å². The van der Waals surface area contributed by atoms with Crippen molar-refractivity contribution in [2.24, 2.45) is 4.99 Å². The molecule has 109 valence electrons. The molecule has 7 nitrogen and oxygen atoms in total. The van der Waals surface area contributed by atoms with Crippen LogP contribution in [-0.4, -0.2) is 33.4 Å². The number of rotatable bonds is 3. The summed E-state index contributed by atoms with van der Waals surface area (Å²) in [6.45, 7) is 3.55. The van der Waals surface area contributed by atoms with Crippen molar-refractivity contribution in [3.05, 3.63) is 35.2 Å². The van der Waals surface area contributed by atoms with Crippen molar-refractivity contribution in [3.8, 4) is 11.8 Å². The van der Waals surface area contributed by atoms with E-state index in [2.05, 4.69) is 19.9 Å². The van der Waals surface area contributed by atoms with Crippen molar-refractivity contribution in [1.82, 2.24) is 15.0 Å². The zero-order chi connectivity index (χ0) is 15.8. The standard InChI is InChI=1S/C13H14N4O2.O.V/c1-8-5-4-6-10(11(8)18)7-14-12-15-9(2)16-13(17-12)19-3;;/h4-7,18H,1-3H3;;/b14-7+;;. The second-order valence-electron chi connectivity index (χ2n) is 3.94. The fourth-order valence-corrected chi connectivity index (χ4v) is 1.51. The zero-order valence-corrected chi connectivity index (χ0v) is 13.2. The predicted octanol–water partition coefficient (Wildman–Crippen LogP) is 1.83. The van der Waals surface area contributed by atoms with E-state index in [9.17, 15) is 5.11 Å². The first-order chi connectivity index (χ1) is 10.1. The van der Waals surface area contributed by atoms with Gasteiger partial charge in [0.1, 0.15) is 11.6 Å². The van der Waals surface area contributed by atoms with E-state index in [0.717, 1.165) is 22.9 Å². The van der Waals surface area contributed by atoms with E-state index in [-0.39, 0.29) is 17.7 Å². The van der Waals surface area contributed by atoms with Crippen molar-refractivity contribution in [1.29, 1.82) is 0 Å². The van der Waals surface area contributed by atoms with Gasteiger partial charge in [-0.1, -0.05) is 12.1 Å². The van der Waals surface area contributed by atoms with Crippen LogP contribution in [0.1, 0.15) is 17.0 Å². The summed E-state index contributed by atoms with van der Waals surface area (Å²) in [5.74, 6) is 0.960. The van der Waals surface area contributed by atoms with Crippen LogP contribution in [0.3, 0.4) is 0 Å². The molecule has 0 spiro atoms. The number of methoxy groups -OCH3 is 1. The Balaban J connectivity index is 0.00000106. The number of aliphatic imine (C=N–C) groups is 1. The fourth-order valence-electron chi connectivity index (χ4n) is 1.51. The molecular formula is C13H14N4O3V. The van der Waals surface area contributed by atoms with Crippen LogP contribution in [0.4, 0.5) is 5.95 Å². The summed E-state index contributed by atoms with van der Waals surface area (Å²) in [5.41, 5.74) is 1.39. The SMILES string of the molecule is COc1nc(C)nc(/N=C/c2cccc(C)c2O)n1.[O]=[V]. The molecule has 0 amide bonds. The van der Waals surface area contributed by atoms with Crippen LogP contribution in [0.15, 0.2) is 23.2 Å². The van der Waals surface area contributed by atoms with Gasteiger partial charge < -0.3 is 9.84 Å². The molecule has 8 heteroatoms. The van der Waals surface area contributed by atoms with Gasteiger partial charge >= 0.3 is 27.1 Å². The Morgan fingerprint density at radius 1 is 1.24 bits per heavy atom. The van der Waals surface area contributed by atoms with Crippen molar-refractivity contribution in [2.45, 2.75) is 13.8 Å². The van der Waals surface area contributed by atoms with E-state index >= 15 is 0 Å². The van der Waals surface area contributed by atoms with Gasteiger partial charge in [-0.05, 0) is 25.5 Å². The molecule has 1 aromatic heterocycles. The number of benzene rings is 1. The molecule has 21 heavy (non-hydrogen) atoms. The predicted molar refractivity (Wildman–Crippen MR) is 71.9 cm³/mol. The number of phenols is 1. The van der Waals surface area contributed by atoms with Gasteiger partial charge in [0.15, 0.2) is 0 Å². The van der Waals surface area contributed by atoms with Gasteiger partial charge in [0.2, 0.25) is 0 Å². The summed E-state index contributed by atoms with van der Waals surface area (Å²) in [4.78, 5) is 16.2. The second kappa shape index (κ2) is 8.23. The average molecular weight is 325 g/mol. The number of aryl methyl sites for hydroxylation is 2. The van der Waals surface area contributed by atoms with E-state index in [1.807, 2.05) is 19.1 Å². The number of para-hydroxylation sites is 1. The Hall–Kier alpha value is -2.12. The minimum absolute atomic E-state index is 0.198. The minimum atomic E-state index is 0.198. The van der Waals surface area contributed by atoms with E-state index in [1.54, 1.807) is 13.0 Å². The Morgan fingerprint density at radius 3 is 2.62 bits per heavy atom. The third kappa shape index (κ3) is 4.73. The number of nitrogens with zero attached hydrogens (tertiary/aromatic N) is 4.